The molecule has 1 aliphatic heterocycles. The molecule has 1 atom stereocenters. The van der Waals surface area contributed by atoms with Gasteiger partial charge in [-0.3, -0.25) is 4.79 Å². The molecule has 7 nitrogen and oxygen atoms in total. The smallest absolute Gasteiger partial charge is 0.298 e. The van der Waals surface area contributed by atoms with Crippen LogP contribution in [-0.4, -0.2) is 63.6 Å². The predicted octanol–water partition coefficient (Wildman–Crippen LogP) is 5.16. The third-order valence-corrected chi connectivity index (χ3v) is 12.0. The maximum Gasteiger partial charge on any atom is 0.298 e. The van der Waals surface area contributed by atoms with Crippen LogP contribution in [-0.2, 0) is 28.1 Å². The van der Waals surface area contributed by atoms with Crippen molar-refractivity contribution in [2.45, 2.75) is 63.6 Å². The van der Waals surface area contributed by atoms with Gasteiger partial charge in [0.15, 0.2) is 5.67 Å². The molecule has 1 saturated carbocycles. The lowest BCUT2D eigenvalue weighted by molar-refractivity contribution is -0.137. The van der Waals surface area contributed by atoms with Crippen LogP contribution >= 0.6 is 7.14 Å². The van der Waals surface area contributed by atoms with Crippen LogP contribution in [0.1, 0.15) is 60.3 Å². The van der Waals surface area contributed by atoms with E-state index in [2.05, 4.69) is 10.3 Å². The Morgan fingerprint density at radius 2 is 1.88 bits per heavy atom. The number of anilines is 1. The first-order valence-electron chi connectivity index (χ1n) is 14.3. The number of nitrogens with zero attached hydrogens (tertiary/aromatic N) is 3. The SMILES string of the molecule is Cc1nc(N[C@H](C)c2cccc(C(F)(F)CO)c2F)c2cc(P3(=O)CCN(C(=O)C4(F)CC4)CC3)c3c(c2n1)CCC3. The molecule has 2 N–H and O–H groups in total. The summed E-state index contributed by atoms with van der Waals surface area (Å²) in [6.45, 7) is 2.31. The molecule has 2 aliphatic carbocycles. The number of hydrogen-bond acceptors (Lipinski definition) is 6. The van der Waals surface area contributed by atoms with Crippen LogP contribution in [0.25, 0.3) is 10.9 Å². The molecule has 42 heavy (non-hydrogen) atoms. The second-order valence-electron chi connectivity index (χ2n) is 11.8. The van der Waals surface area contributed by atoms with Gasteiger partial charge in [0.25, 0.3) is 11.8 Å². The van der Waals surface area contributed by atoms with Gasteiger partial charge in [0.05, 0.1) is 17.1 Å². The number of carbonyl (C=O) groups is 1. The average molecular weight is 605 g/mol. The van der Waals surface area contributed by atoms with Crippen molar-refractivity contribution in [3.05, 3.63) is 58.2 Å². The second-order valence-corrected chi connectivity index (χ2v) is 14.9. The fourth-order valence-electron chi connectivity index (χ4n) is 6.31. The summed E-state index contributed by atoms with van der Waals surface area (Å²) in [5.41, 5.74) is 0.0555. The van der Waals surface area contributed by atoms with Gasteiger partial charge in [-0.2, -0.15) is 8.78 Å². The van der Waals surface area contributed by atoms with Crippen molar-refractivity contribution in [1.82, 2.24) is 14.9 Å². The lowest BCUT2D eigenvalue weighted by Crippen LogP contribution is -2.45. The zero-order valence-corrected chi connectivity index (χ0v) is 24.4. The first kappa shape index (κ1) is 29.1. The molecular formula is C30H33F4N4O3P. The van der Waals surface area contributed by atoms with Gasteiger partial charge in [0.1, 0.15) is 31.2 Å². The van der Waals surface area contributed by atoms with E-state index in [9.17, 15) is 22.5 Å². The minimum atomic E-state index is -3.73. The minimum absolute atomic E-state index is 0.0162. The Labute approximate surface area is 241 Å². The molecule has 0 radical (unpaired) electrons. The van der Waals surface area contributed by atoms with Gasteiger partial charge >= 0.3 is 0 Å². The zero-order chi connectivity index (χ0) is 30.0. The van der Waals surface area contributed by atoms with Crippen LogP contribution in [0.2, 0.25) is 0 Å². The van der Waals surface area contributed by atoms with Gasteiger partial charge < -0.3 is 19.9 Å². The molecule has 2 heterocycles. The minimum Gasteiger partial charge on any atom is -0.390 e. The summed E-state index contributed by atoms with van der Waals surface area (Å²) in [5, 5.41) is 13.6. The summed E-state index contributed by atoms with van der Waals surface area (Å²) >= 11 is 0. The Kier molecular flexibility index (Phi) is 7.12. The lowest BCUT2D eigenvalue weighted by Gasteiger charge is -2.34. The highest BCUT2D eigenvalue weighted by Gasteiger charge is 2.53. The van der Waals surface area contributed by atoms with Gasteiger partial charge in [0, 0.05) is 41.7 Å². The number of aliphatic hydroxyl groups excluding tert-OH is 1. The number of amides is 1. The number of nitrogens with one attached hydrogen (secondary N) is 1. The van der Waals surface area contributed by atoms with E-state index in [1.807, 2.05) is 6.07 Å². The van der Waals surface area contributed by atoms with Gasteiger partial charge in [-0.15, -0.1) is 0 Å². The highest BCUT2D eigenvalue weighted by molar-refractivity contribution is 7.71. The van der Waals surface area contributed by atoms with Gasteiger partial charge in [-0.05, 0) is 69.2 Å². The molecule has 224 valence electrons. The van der Waals surface area contributed by atoms with Crippen LogP contribution < -0.4 is 10.6 Å². The lowest BCUT2D eigenvalue weighted by atomic mass is 10.00. The average Bonchev–Trinajstić information content (AvgIpc) is 3.52. The maximum absolute atomic E-state index is 15.3. The fraction of sp³-hybridized carbons (Fsp3) is 0.500. The number of carbonyl (C=O) groups excluding carboxylic acids is 1. The van der Waals surface area contributed by atoms with E-state index in [4.69, 9.17) is 10.1 Å². The van der Waals surface area contributed by atoms with E-state index in [1.165, 1.54) is 17.0 Å². The molecule has 3 aliphatic rings. The number of hydrogen-bond donors (Lipinski definition) is 2. The molecule has 0 unspecified atom stereocenters. The van der Waals surface area contributed by atoms with Crippen LogP contribution in [0.4, 0.5) is 23.4 Å². The number of alkyl halides is 3. The molecule has 1 amide bonds. The third-order valence-electron chi connectivity index (χ3n) is 8.85. The Morgan fingerprint density at radius 3 is 2.55 bits per heavy atom. The Balaban J connectivity index is 1.37. The molecule has 2 fully saturated rings. The summed E-state index contributed by atoms with van der Waals surface area (Å²) in [6.07, 6.45) is 3.36. The van der Waals surface area contributed by atoms with Gasteiger partial charge in [0.2, 0.25) is 0 Å². The number of fused-ring (bicyclic) bond motifs is 3. The number of aryl methyl sites for hydroxylation is 2. The van der Waals surface area contributed by atoms with Crippen molar-refractivity contribution in [3.8, 4) is 0 Å². The summed E-state index contributed by atoms with van der Waals surface area (Å²) in [5.74, 6) is -4.51. The topological polar surface area (TPSA) is 95.4 Å². The van der Waals surface area contributed by atoms with Crippen molar-refractivity contribution < 1.29 is 32.0 Å². The van der Waals surface area contributed by atoms with E-state index in [0.29, 0.717) is 22.5 Å². The fourth-order valence-corrected chi connectivity index (χ4v) is 9.24. The summed E-state index contributed by atoms with van der Waals surface area (Å²) in [6, 6.07) is 4.74. The molecular weight excluding hydrogens is 571 g/mol. The first-order valence-corrected chi connectivity index (χ1v) is 16.4. The predicted molar refractivity (Wildman–Crippen MR) is 152 cm³/mol. The maximum atomic E-state index is 15.3. The summed E-state index contributed by atoms with van der Waals surface area (Å²) < 4.78 is 72.5. The quantitative estimate of drug-likeness (QED) is 0.286. The number of rotatable bonds is 7. The molecule has 1 aromatic heterocycles. The van der Waals surface area contributed by atoms with Crippen molar-refractivity contribution in [1.29, 1.82) is 0 Å². The van der Waals surface area contributed by atoms with Crippen molar-refractivity contribution in [2.24, 2.45) is 0 Å². The van der Waals surface area contributed by atoms with Crippen LogP contribution in [0.5, 0.6) is 0 Å². The van der Waals surface area contributed by atoms with Gasteiger partial charge in [-0.1, -0.05) is 12.1 Å². The molecule has 2 aromatic carbocycles. The Bertz CT molecular complexity index is 1630. The van der Waals surface area contributed by atoms with E-state index < -0.39 is 48.7 Å². The standard InChI is InChI=1S/C30H33F4N4O3P/c1-17(19-5-4-8-23(25(19)31)30(33,34)16-39)35-27-22-15-24(20-6-3-7-21(20)26(22)36-18(2)37-27)42(41)13-11-38(12-14-42)28(40)29(32)9-10-29/h4-5,8,15,17,39H,3,6-7,9-14,16H2,1-2H3,(H,35,36,37)/t17-/m1/s1. The molecule has 3 aromatic rings. The molecule has 0 spiro atoms. The normalized spacial score (nSPS) is 19.9. The van der Waals surface area contributed by atoms with Crippen LogP contribution in [0.3, 0.4) is 0 Å². The molecule has 6 rings (SSSR count). The van der Waals surface area contributed by atoms with E-state index in [-0.39, 0.29) is 43.8 Å². The highest BCUT2D eigenvalue weighted by Crippen LogP contribution is 2.51. The highest BCUT2D eigenvalue weighted by atomic mass is 31.2. The van der Waals surface area contributed by atoms with E-state index >= 15 is 4.39 Å². The number of aliphatic hydroxyl groups is 1. The Hall–Kier alpha value is -3.04. The third kappa shape index (κ3) is 4.88. The van der Waals surface area contributed by atoms with Crippen LogP contribution in [0.15, 0.2) is 24.3 Å². The molecule has 1 saturated heterocycles. The monoisotopic (exact) mass is 604 g/mol. The van der Waals surface area contributed by atoms with E-state index in [1.54, 1.807) is 13.8 Å². The second kappa shape index (κ2) is 10.3. The molecule has 12 heteroatoms. The number of aromatic nitrogens is 2. The first-order chi connectivity index (χ1) is 19.9. The summed E-state index contributed by atoms with van der Waals surface area (Å²) in [4.78, 5) is 23.3. The summed E-state index contributed by atoms with van der Waals surface area (Å²) in [7, 11) is -2.95. The van der Waals surface area contributed by atoms with Crippen molar-refractivity contribution in [3.63, 3.8) is 0 Å². The van der Waals surface area contributed by atoms with Crippen LogP contribution in [0, 0.1) is 12.7 Å². The zero-order valence-electron chi connectivity index (χ0n) is 23.5. The van der Waals surface area contributed by atoms with Crippen molar-refractivity contribution in [2.75, 3.05) is 37.3 Å². The number of benzene rings is 2. The largest absolute Gasteiger partial charge is 0.390 e. The van der Waals surface area contributed by atoms with Gasteiger partial charge in [-0.25, -0.2) is 18.7 Å². The van der Waals surface area contributed by atoms with Crippen molar-refractivity contribution >= 4 is 35.1 Å². The Morgan fingerprint density at radius 1 is 1.19 bits per heavy atom. The van der Waals surface area contributed by atoms with E-state index in [0.717, 1.165) is 41.8 Å². The molecule has 0 bridgehead atoms. The number of halogens is 4.